The van der Waals surface area contributed by atoms with Gasteiger partial charge in [0.15, 0.2) is 0 Å². The van der Waals surface area contributed by atoms with Crippen LogP contribution < -0.4 is 9.26 Å². The number of hydroxylamine groups is 1. The third kappa shape index (κ3) is 11.9. The zero-order valence-electron chi connectivity index (χ0n) is 22.3. The fraction of sp³-hybridized carbons (Fsp3) is 0.778. The molecule has 2 atom stereocenters. The quantitative estimate of drug-likeness (QED) is 0.0954. The minimum absolute atomic E-state index is 0.250. The number of hydrogen-bond acceptors (Lipinski definition) is 6. The van der Waals surface area contributed by atoms with E-state index in [1.807, 2.05) is 24.3 Å². The molecule has 0 spiro atoms. The zero-order valence-corrected chi connectivity index (χ0v) is 24.0. The number of nitrogens with zero attached hydrogens (tertiary/aromatic N) is 1. The summed E-state index contributed by atoms with van der Waals surface area (Å²) < 4.78 is 24.9. The van der Waals surface area contributed by atoms with Gasteiger partial charge in [-0.15, -0.1) is 0 Å². The van der Waals surface area contributed by atoms with Crippen molar-refractivity contribution in [3.63, 3.8) is 0 Å². The molecule has 6 nitrogen and oxygen atoms in total. The highest BCUT2D eigenvalue weighted by molar-refractivity contribution is 8.08. The molecule has 8 heteroatoms. The molecule has 1 aromatic rings. The number of unbranched alkanes of at least 4 members (excludes halogenated alkanes) is 7. The van der Waals surface area contributed by atoms with Gasteiger partial charge >= 0.3 is 6.64 Å². The van der Waals surface area contributed by atoms with E-state index in [-0.39, 0.29) is 6.23 Å². The molecule has 1 fully saturated rings. The summed E-state index contributed by atoms with van der Waals surface area (Å²) in [5.74, 6) is 1.42. The Morgan fingerprint density at radius 3 is 2.29 bits per heavy atom. The van der Waals surface area contributed by atoms with E-state index in [2.05, 4.69) is 20.8 Å². The standard InChI is InChI=1S/C27H48NO5PS/c1-4-7-10-13-22-31-28(27-19-12-15-21-30-27)34(35,32-23-14-11-8-5-2)33-26-18-16-17-25(24-26)29-20-9-6-3/h16-18,24,27H,4-15,19-23H2,1-3H3. The lowest BCUT2D eigenvalue weighted by Crippen LogP contribution is -2.39. The molecule has 0 saturated carbocycles. The van der Waals surface area contributed by atoms with E-state index in [0.29, 0.717) is 32.2 Å². The Morgan fingerprint density at radius 2 is 1.60 bits per heavy atom. The number of rotatable bonds is 20. The van der Waals surface area contributed by atoms with Crippen molar-refractivity contribution in [2.45, 2.75) is 110 Å². The smallest absolute Gasteiger partial charge is 0.341 e. The minimum atomic E-state index is -3.01. The number of hydrogen-bond donors (Lipinski definition) is 0. The van der Waals surface area contributed by atoms with Gasteiger partial charge < -0.3 is 18.5 Å². The largest absolute Gasteiger partial charge is 0.493 e. The molecule has 35 heavy (non-hydrogen) atoms. The fourth-order valence-electron chi connectivity index (χ4n) is 3.82. The van der Waals surface area contributed by atoms with E-state index in [1.54, 1.807) is 4.83 Å². The highest BCUT2D eigenvalue weighted by Crippen LogP contribution is 2.55. The van der Waals surface area contributed by atoms with E-state index >= 15 is 0 Å². The topological polar surface area (TPSA) is 49.4 Å². The summed E-state index contributed by atoms with van der Waals surface area (Å²) in [6.07, 6.45) is 13.8. The van der Waals surface area contributed by atoms with Crippen LogP contribution in [-0.2, 0) is 25.9 Å². The first kappa shape index (κ1) is 30.5. The predicted molar refractivity (Wildman–Crippen MR) is 147 cm³/mol. The Labute approximate surface area is 219 Å². The second-order valence-electron chi connectivity index (χ2n) is 9.15. The molecule has 0 N–H and O–H groups in total. The molecule has 1 aliphatic rings. The van der Waals surface area contributed by atoms with E-state index < -0.39 is 6.64 Å². The van der Waals surface area contributed by atoms with Gasteiger partial charge in [0, 0.05) is 12.7 Å². The summed E-state index contributed by atoms with van der Waals surface area (Å²) in [5, 5.41) is 0. The molecule has 1 saturated heterocycles. The molecule has 1 aromatic carbocycles. The molecule has 2 rings (SSSR count). The van der Waals surface area contributed by atoms with Crippen molar-refractivity contribution < 1.29 is 23.4 Å². The van der Waals surface area contributed by atoms with E-state index in [4.69, 9.17) is 35.2 Å². The van der Waals surface area contributed by atoms with E-state index in [1.165, 1.54) is 25.7 Å². The van der Waals surface area contributed by atoms with Crippen LogP contribution in [0.2, 0.25) is 0 Å². The van der Waals surface area contributed by atoms with Gasteiger partial charge in [0.1, 0.15) is 17.7 Å². The van der Waals surface area contributed by atoms with Gasteiger partial charge in [-0.25, -0.2) is 0 Å². The van der Waals surface area contributed by atoms with Crippen LogP contribution in [0.15, 0.2) is 24.3 Å². The van der Waals surface area contributed by atoms with Crippen LogP contribution >= 0.6 is 6.64 Å². The van der Waals surface area contributed by atoms with E-state index in [0.717, 1.165) is 63.5 Å². The van der Waals surface area contributed by atoms with Crippen molar-refractivity contribution in [2.75, 3.05) is 26.4 Å². The lowest BCUT2D eigenvalue weighted by molar-refractivity contribution is -0.212. The first-order valence-corrected chi connectivity index (χ1v) is 16.4. The monoisotopic (exact) mass is 529 g/mol. The van der Waals surface area contributed by atoms with E-state index in [9.17, 15) is 0 Å². The van der Waals surface area contributed by atoms with Crippen LogP contribution in [0.5, 0.6) is 11.5 Å². The molecular formula is C27H48NO5PS. The van der Waals surface area contributed by atoms with Gasteiger partial charge in [0.05, 0.1) is 19.8 Å². The molecule has 0 bridgehead atoms. The number of ether oxygens (including phenoxy) is 2. The lowest BCUT2D eigenvalue weighted by Gasteiger charge is -2.38. The molecule has 0 amide bonds. The molecular weight excluding hydrogens is 481 g/mol. The van der Waals surface area contributed by atoms with Crippen LogP contribution in [0.3, 0.4) is 0 Å². The second kappa shape index (κ2) is 18.5. The summed E-state index contributed by atoms with van der Waals surface area (Å²) in [6, 6.07) is 7.70. The maximum absolute atomic E-state index is 6.49. The Kier molecular flexibility index (Phi) is 16.2. The molecule has 1 heterocycles. The Balaban J connectivity index is 2.19. The summed E-state index contributed by atoms with van der Waals surface area (Å²) in [6.45, 7) is 6.08. The molecule has 0 aliphatic carbocycles. The third-order valence-electron chi connectivity index (χ3n) is 5.91. The summed E-state index contributed by atoms with van der Waals surface area (Å²) in [4.78, 5) is 8.10. The normalized spacial score (nSPS) is 17.9. The third-order valence-corrected chi connectivity index (χ3v) is 8.74. The van der Waals surface area contributed by atoms with Crippen molar-refractivity contribution in [1.82, 2.24) is 4.83 Å². The van der Waals surface area contributed by atoms with Crippen LogP contribution in [0.4, 0.5) is 0 Å². The van der Waals surface area contributed by atoms with Crippen molar-refractivity contribution in [2.24, 2.45) is 0 Å². The second-order valence-corrected chi connectivity index (χ2v) is 12.3. The molecule has 202 valence electrons. The SMILES string of the molecule is CCCCCCON(C1CCCCO1)P(=S)(OCCCCCC)Oc1cccc(OCCCC)c1. The maximum Gasteiger partial charge on any atom is 0.341 e. The first-order chi connectivity index (χ1) is 17.1. The van der Waals surface area contributed by atoms with Crippen LogP contribution in [0.25, 0.3) is 0 Å². The van der Waals surface area contributed by atoms with Crippen molar-refractivity contribution in [3.05, 3.63) is 24.3 Å². The average molecular weight is 530 g/mol. The summed E-state index contributed by atoms with van der Waals surface area (Å²) in [7, 11) is 0. The van der Waals surface area contributed by atoms with Crippen LogP contribution in [-0.4, -0.2) is 37.5 Å². The number of benzene rings is 1. The average Bonchev–Trinajstić information content (AvgIpc) is 2.87. The predicted octanol–water partition coefficient (Wildman–Crippen LogP) is 8.41. The van der Waals surface area contributed by atoms with Crippen LogP contribution in [0.1, 0.15) is 104 Å². The highest BCUT2D eigenvalue weighted by atomic mass is 32.5. The fourth-order valence-corrected chi connectivity index (χ4v) is 6.46. The lowest BCUT2D eigenvalue weighted by atomic mass is 10.2. The molecule has 0 radical (unpaired) electrons. The van der Waals surface area contributed by atoms with Crippen LogP contribution in [0, 0.1) is 0 Å². The van der Waals surface area contributed by atoms with Gasteiger partial charge in [0.2, 0.25) is 0 Å². The van der Waals surface area contributed by atoms with Crippen molar-refractivity contribution in [1.29, 1.82) is 0 Å². The van der Waals surface area contributed by atoms with Gasteiger partial charge in [-0.2, -0.15) is 0 Å². The molecule has 2 unspecified atom stereocenters. The van der Waals surface area contributed by atoms with Crippen molar-refractivity contribution >= 4 is 18.4 Å². The summed E-state index contributed by atoms with van der Waals surface area (Å²) >= 11 is 6.16. The highest BCUT2D eigenvalue weighted by Gasteiger charge is 2.39. The Morgan fingerprint density at radius 1 is 0.886 bits per heavy atom. The van der Waals surface area contributed by atoms with Crippen molar-refractivity contribution in [3.8, 4) is 11.5 Å². The van der Waals surface area contributed by atoms with Gasteiger partial charge in [-0.05, 0) is 62.5 Å². The summed E-state index contributed by atoms with van der Waals surface area (Å²) in [5.41, 5.74) is 0. The van der Waals surface area contributed by atoms with Gasteiger partial charge in [0.25, 0.3) is 0 Å². The Hall–Kier alpha value is -0.690. The van der Waals surface area contributed by atoms with Gasteiger partial charge in [-0.1, -0.05) is 76.6 Å². The zero-order chi connectivity index (χ0) is 25.2. The minimum Gasteiger partial charge on any atom is -0.493 e. The van der Waals surface area contributed by atoms with Gasteiger partial charge in [-0.3, -0.25) is 4.84 Å². The first-order valence-electron chi connectivity index (χ1n) is 13.8. The molecule has 0 aromatic heterocycles. The maximum atomic E-state index is 6.49. The molecule has 1 aliphatic heterocycles. The Bertz CT molecular complexity index is 717.